The molecule has 1 N–H and O–H groups in total. The molecular weight excluding hydrogens is 420 g/mol. The van der Waals surface area contributed by atoms with E-state index in [1.165, 1.54) is 11.1 Å². The molecule has 0 aromatic heterocycles. The van der Waals surface area contributed by atoms with Crippen molar-refractivity contribution in [1.82, 2.24) is 10.2 Å². The second-order valence-electron chi connectivity index (χ2n) is 6.90. The Morgan fingerprint density at radius 2 is 1.93 bits per heavy atom. The Balaban J connectivity index is 1.64. The molecule has 0 spiro atoms. The number of hydrogen-bond acceptors (Lipinski definition) is 5. The normalized spacial score (nSPS) is 14.8. The van der Waals surface area contributed by atoms with Gasteiger partial charge in [0, 0.05) is 42.8 Å². The van der Waals surface area contributed by atoms with Gasteiger partial charge in [-0.15, -0.1) is 0 Å². The number of rotatable bonds is 9. The summed E-state index contributed by atoms with van der Waals surface area (Å²) in [6.07, 6.45) is 0. The van der Waals surface area contributed by atoms with Crippen LogP contribution in [0.15, 0.2) is 40.9 Å². The van der Waals surface area contributed by atoms with E-state index in [2.05, 4.69) is 45.2 Å². The maximum Gasteiger partial charge on any atom is 0.167 e. The van der Waals surface area contributed by atoms with E-state index in [4.69, 9.17) is 14.2 Å². The lowest BCUT2D eigenvalue weighted by molar-refractivity contribution is 0.0384. The lowest BCUT2D eigenvalue weighted by Crippen LogP contribution is -2.40. The van der Waals surface area contributed by atoms with Crippen LogP contribution in [0.5, 0.6) is 11.5 Å². The van der Waals surface area contributed by atoms with Crippen LogP contribution in [0.3, 0.4) is 0 Å². The van der Waals surface area contributed by atoms with Crippen LogP contribution in [-0.4, -0.2) is 51.4 Å². The van der Waals surface area contributed by atoms with Gasteiger partial charge in [0.25, 0.3) is 0 Å². The number of ether oxygens (including phenoxy) is 3. The predicted molar refractivity (Wildman–Crippen MR) is 115 cm³/mol. The fraction of sp³-hybridized carbons (Fsp3) is 0.455. The average Bonchev–Trinajstić information content (AvgIpc) is 2.72. The number of benzene rings is 2. The van der Waals surface area contributed by atoms with Crippen molar-refractivity contribution in [1.29, 1.82) is 0 Å². The first-order valence-electron chi connectivity index (χ1n) is 9.72. The molecule has 1 heterocycles. The molecule has 0 saturated carbocycles. The molecule has 1 saturated heterocycles. The van der Waals surface area contributed by atoms with E-state index in [9.17, 15) is 0 Å². The van der Waals surface area contributed by atoms with Gasteiger partial charge in [0.2, 0.25) is 0 Å². The molecule has 5 nitrogen and oxygen atoms in total. The first kappa shape index (κ1) is 21.1. The Labute approximate surface area is 176 Å². The zero-order valence-electron chi connectivity index (χ0n) is 16.7. The van der Waals surface area contributed by atoms with Crippen molar-refractivity contribution in [2.75, 3.05) is 46.5 Å². The molecule has 3 rings (SSSR count). The molecule has 0 aliphatic carbocycles. The van der Waals surface area contributed by atoms with Crippen LogP contribution in [0.25, 0.3) is 0 Å². The van der Waals surface area contributed by atoms with Crippen LogP contribution in [0.4, 0.5) is 0 Å². The lowest BCUT2D eigenvalue weighted by Gasteiger charge is -2.26. The van der Waals surface area contributed by atoms with E-state index in [1.54, 1.807) is 7.11 Å². The van der Waals surface area contributed by atoms with Gasteiger partial charge in [0.05, 0.1) is 20.3 Å². The molecule has 152 valence electrons. The summed E-state index contributed by atoms with van der Waals surface area (Å²) in [4.78, 5) is 2.42. The maximum absolute atomic E-state index is 6.23. The Bertz CT molecular complexity index is 763. The molecule has 0 atom stereocenters. The summed E-state index contributed by atoms with van der Waals surface area (Å²) in [5.74, 6) is 1.54. The highest BCUT2D eigenvalue weighted by Gasteiger charge is 2.16. The van der Waals surface area contributed by atoms with Gasteiger partial charge < -0.3 is 19.5 Å². The van der Waals surface area contributed by atoms with Crippen molar-refractivity contribution in [3.63, 3.8) is 0 Å². The molecule has 0 amide bonds. The van der Waals surface area contributed by atoms with Gasteiger partial charge in [-0.2, -0.15) is 0 Å². The molecule has 0 unspecified atom stereocenters. The number of aryl methyl sites for hydroxylation is 1. The van der Waals surface area contributed by atoms with Gasteiger partial charge in [-0.3, -0.25) is 4.90 Å². The standard InChI is InChI=1S/C22H29BrN2O3/c1-17-5-3-4-6-18(17)16-28-22-19(20(23)7-8-21(22)26-2)15-24-9-10-25-11-13-27-14-12-25/h3-8,24H,9-16H2,1-2H3. The molecule has 6 heteroatoms. The summed E-state index contributed by atoms with van der Waals surface area (Å²) >= 11 is 3.68. The smallest absolute Gasteiger partial charge is 0.167 e. The molecule has 0 radical (unpaired) electrons. The molecule has 0 bridgehead atoms. The van der Waals surface area contributed by atoms with Crippen molar-refractivity contribution >= 4 is 15.9 Å². The molecule has 1 aliphatic heterocycles. The van der Waals surface area contributed by atoms with Gasteiger partial charge in [0.1, 0.15) is 6.61 Å². The summed E-state index contributed by atoms with van der Waals surface area (Å²) in [5, 5.41) is 3.54. The molecular formula is C22H29BrN2O3. The number of morpholine rings is 1. The van der Waals surface area contributed by atoms with Crippen LogP contribution in [-0.2, 0) is 17.9 Å². The minimum Gasteiger partial charge on any atom is -0.493 e. The fourth-order valence-electron chi connectivity index (χ4n) is 3.26. The van der Waals surface area contributed by atoms with Crippen molar-refractivity contribution in [3.05, 3.63) is 57.6 Å². The molecule has 2 aromatic carbocycles. The van der Waals surface area contributed by atoms with Crippen molar-refractivity contribution in [2.24, 2.45) is 0 Å². The predicted octanol–water partition coefficient (Wildman–Crippen LogP) is 3.77. The van der Waals surface area contributed by atoms with Crippen molar-refractivity contribution < 1.29 is 14.2 Å². The topological polar surface area (TPSA) is 43.0 Å². The summed E-state index contributed by atoms with van der Waals surface area (Å²) in [7, 11) is 1.68. The van der Waals surface area contributed by atoms with Crippen LogP contribution < -0.4 is 14.8 Å². The summed E-state index contributed by atoms with van der Waals surface area (Å²) in [6, 6.07) is 12.2. The number of nitrogens with zero attached hydrogens (tertiary/aromatic N) is 1. The van der Waals surface area contributed by atoms with Crippen LogP contribution in [0.2, 0.25) is 0 Å². The lowest BCUT2D eigenvalue weighted by atomic mass is 10.1. The first-order valence-corrected chi connectivity index (χ1v) is 10.5. The minimum atomic E-state index is 0.514. The molecule has 1 aliphatic rings. The number of halogens is 1. The highest BCUT2D eigenvalue weighted by atomic mass is 79.9. The largest absolute Gasteiger partial charge is 0.493 e. The average molecular weight is 449 g/mol. The molecule has 2 aromatic rings. The van der Waals surface area contributed by atoms with Gasteiger partial charge in [0.15, 0.2) is 11.5 Å². The van der Waals surface area contributed by atoms with E-state index in [0.29, 0.717) is 13.2 Å². The summed E-state index contributed by atoms with van der Waals surface area (Å²) in [6.45, 7) is 8.95. The van der Waals surface area contributed by atoms with Gasteiger partial charge in [-0.1, -0.05) is 40.2 Å². The van der Waals surface area contributed by atoms with Gasteiger partial charge in [-0.25, -0.2) is 0 Å². The number of methoxy groups -OCH3 is 1. The third kappa shape index (κ3) is 5.70. The van der Waals surface area contributed by atoms with Gasteiger partial charge in [-0.05, 0) is 30.2 Å². The van der Waals surface area contributed by atoms with E-state index in [0.717, 1.165) is 60.9 Å². The maximum atomic E-state index is 6.23. The monoisotopic (exact) mass is 448 g/mol. The second kappa shape index (κ2) is 10.8. The summed E-state index contributed by atoms with van der Waals surface area (Å²) < 4.78 is 18.2. The Hall–Kier alpha value is -1.60. The SMILES string of the molecule is COc1ccc(Br)c(CNCCN2CCOCC2)c1OCc1ccccc1C. The van der Waals surface area contributed by atoms with Crippen LogP contribution in [0, 0.1) is 6.92 Å². The summed E-state index contributed by atoms with van der Waals surface area (Å²) in [5.41, 5.74) is 3.48. The Morgan fingerprint density at radius 1 is 1.14 bits per heavy atom. The zero-order chi connectivity index (χ0) is 19.8. The van der Waals surface area contributed by atoms with Crippen LogP contribution in [0.1, 0.15) is 16.7 Å². The highest BCUT2D eigenvalue weighted by molar-refractivity contribution is 9.10. The van der Waals surface area contributed by atoms with E-state index in [1.807, 2.05) is 24.3 Å². The zero-order valence-corrected chi connectivity index (χ0v) is 18.3. The Kier molecular flexibility index (Phi) is 8.15. The first-order chi connectivity index (χ1) is 13.7. The molecule has 28 heavy (non-hydrogen) atoms. The Morgan fingerprint density at radius 3 is 2.68 bits per heavy atom. The third-order valence-electron chi connectivity index (χ3n) is 5.03. The highest BCUT2D eigenvalue weighted by Crippen LogP contribution is 2.37. The molecule has 1 fully saturated rings. The second-order valence-corrected chi connectivity index (χ2v) is 7.76. The van der Waals surface area contributed by atoms with Crippen molar-refractivity contribution in [2.45, 2.75) is 20.1 Å². The number of nitrogens with one attached hydrogen (secondary N) is 1. The van der Waals surface area contributed by atoms with Crippen LogP contribution >= 0.6 is 15.9 Å². The van der Waals surface area contributed by atoms with Gasteiger partial charge >= 0.3 is 0 Å². The quantitative estimate of drug-likeness (QED) is 0.591. The number of hydrogen-bond donors (Lipinski definition) is 1. The minimum absolute atomic E-state index is 0.514. The van der Waals surface area contributed by atoms with E-state index >= 15 is 0 Å². The fourth-order valence-corrected chi connectivity index (χ4v) is 3.72. The van der Waals surface area contributed by atoms with Crippen molar-refractivity contribution in [3.8, 4) is 11.5 Å². The third-order valence-corrected chi connectivity index (χ3v) is 5.77. The van der Waals surface area contributed by atoms with E-state index < -0.39 is 0 Å². The van der Waals surface area contributed by atoms with E-state index in [-0.39, 0.29) is 0 Å².